The molecule has 4 nitrogen and oxygen atoms in total. The average Bonchev–Trinajstić information content (AvgIpc) is 2.30. The van der Waals surface area contributed by atoms with E-state index >= 15 is 0 Å². The molecule has 0 amide bonds. The van der Waals surface area contributed by atoms with Crippen molar-refractivity contribution in [2.45, 2.75) is 12.8 Å². The summed E-state index contributed by atoms with van der Waals surface area (Å²) in [4.78, 5) is 14.4. The summed E-state index contributed by atoms with van der Waals surface area (Å²) in [7, 11) is 2.37. The van der Waals surface area contributed by atoms with Crippen LogP contribution in [0.5, 0.6) is 5.75 Å². The monoisotopic (exact) mass is 249 g/mol. The van der Waals surface area contributed by atoms with Crippen LogP contribution in [0.3, 0.4) is 0 Å². The average molecular weight is 249 g/mol. The van der Waals surface area contributed by atoms with Crippen LogP contribution in [0.1, 0.15) is 17.8 Å². The Morgan fingerprint density at radius 2 is 2.12 bits per heavy atom. The third-order valence-electron chi connectivity index (χ3n) is 2.01. The van der Waals surface area contributed by atoms with Gasteiger partial charge in [0.15, 0.2) is 5.82 Å². The van der Waals surface area contributed by atoms with Crippen LogP contribution >= 0.6 is 0 Å². The van der Waals surface area contributed by atoms with E-state index < -0.39 is 23.9 Å². The molecular formula is C10H10F3NO3. The molecule has 94 valence electrons. The number of aromatic nitrogens is 1. The summed E-state index contributed by atoms with van der Waals surface area (Å²) in [5, 5.41) is 0. The second-order valence-corrected chi connectivity index (χ2v) is 3.06. The van der Waals surface area contributed by atoms with Gasteiger partial charge >= 0.3 is 5.97 Å². The van der Waals surface area contributed by atoms with Crippen LogP contribution in [0.4, 0.5) is 13.2 Å². The van der Waals surface area contributed by atoms with Crippen molar-refractivity contribution in [1.29, 1.82) is 0 Å². The van der Waals surface area contributed by atoms with Crippen molar-refractivity contribution in [3.05, 3.63) is 23.3 Å². The number of pyridine rings is 1. The minimum atomic E-state index is -3.06. The minimum absolute atomic E-state index is 0.0719. The summed E-state index contributed by atoms with van der Waals surface area (Å²) in [6.07, 6.45) is -3.42. The molecule has 7 heteroatoms. The number of nitrogens with zero attached hydrogens (tertiary/aromatic N) is 1. The quantitative estimate of drug-likeness (QED) is 0.764. The van der Waals surface area contributed by atoms with Gasteiger partial charge in [-0.05, 0) is 0 Å². The van der Waals surface area contributed by atoms with Crippen LogP contribution in [0.2, 0.25) is 0 Å². The number of esters is 1. The van der Waals surface area contributed by atoms with E-state index in [1.165, 1.54) is 7.11 Å². The fourth-order valence-electron chi connectivity index (χ4n) is 1.19. The molecule has 0 atom stereocenters. The first-order valence-electron chi connectivity index (χ1n) is 4.57. The van der Waals surface area contributed by atoms with Crippen molar-refractivity contribution < 1.29 is 27.4 Å². The third-order valence-corrected chi connectivity index (χ3v) is 2.01. The molecule has 1 aromatic rings. The largest absolute Gasteiger partial charge is 0.495 e. The molecule has 0 spiro atoms. The van der Waals surface area contributed by atoms with Crippen molar-refractivity contribution >= 4 is 5.97 Å². The van der Waals surface area contributed by atoms with Gasteiger partial charge in [-0.2, -0.15) is 0 Å². The van der Waals surface area contributed by atoms with Gasteiger partial charge in [-0.1, -0.05) is 0 Å². The summed E-state index contributed by atoms with van der Waals surface area (Å²) >= 11 is 0. The smallest absolute Gasteiger partial charge is 0.311 e. The molecule has 0 aromatic carbocycles. The van der Waals surface area contributed by atoms with Crippen molar-refractivity contribution in [3.63, 3.8) is 0 Å². The Labute approximate surface area is 95.4 Å². The van der Waals surface area contributed by atoms with Crippen molar-refractivity contribution in [2.75, 3.05) is 14.2 Å². The van der Waals surface area contributed by atoms with Crippen molar-refractivity contribution in [2.24, 2.45) is 0 Å². The lowest BCUT2D eigenvalue weighted by Gasteiger charge is -2.09. The van der Waals surface area contributed by atoms with Crippen LogP contribution < -0.4 is 4.74 Å². The van der Waals surface area contributed by atoms with Crippen LogP contribution in [-0.2, 0) is 16.0 Å². The molecule has 0 saturated carbocycles. The second-order valence-electron chi connectivity index (χ2n) is 3.06. The zero-order valence-corrected chi connectivity index (χ0v) is 9.17. The van der Waals surface area contributed by atoms with Crippen molar-refractivity contribution in [3.8, 4) is 5.75 Å². The number of methoxy groups -OCH3 is 2. The Bertz CT molecular complexity index is 424. The minimum Gasteiger partial charge on any atom is -0.495 e. The highest BCUT2D eigenvalue weighted by molar-refractivity contribution is 5.72. The fourth-order valence-corrected chi connectivity index (χ4v) is 1.19. The van der Waals surface area contributed by atoms with Gasteiger partial charge in [-0.25, -0.2) is 18.2 Å². The number of hydrogen-bond acceptors (Lipinski definition) is 4. The van der Waals surface area contributed by atoms with E-state index in [9.17, 15) is 18.0 Å². The van der Waals surface area contributed by atoms with Crippen LogP contribution in [0.25, 0.3) is 0 Å². The molecule has 1 heterocycles. The van der Waals surface area contributed by atoms with Gasteiger partial charge in [0.2, 0.25) is 0 Å². The Morgan fingerprint density at radius 3 is 2.59 bits per heavy atom. The summed E-state index contributed by atoms with van der Waals surface area (Å²) in [6, 6.07) is 0.771. The SMILES string of the molecule is COC(=O)Cc1nc(C(F)F)c(F)cc1OC. The van der Waals surface area contributed by atoms with E-state index in [0.717, 1.165) is 13.2 Å². The lowest BCUT2D eigenvalue weighted by molar-refractivity contribution is -0.139. The molecule has 0 radical (unpaired) electrons. The lowest BCUT2D eigenvalue weighted by Crippen LogP contribution is -2.10. The number of carbonyl (C=O) groups excluding carboxylic acids is 1. The van der Waals surface area contributed by atoms with Gasteiger partial charge in [-0.15, -0.1) is 0 Å². The number of halogens is 3. The van der Waals surface area contributed by atoms with E-state index in [-0.39, 0.29) is 17.9 Å². The molecule has 1 aromatic heterocycles. The first-order valence-corrected chi connectivity index (χ1v) is 4.57. The predicted octanol–water partition coefficient (Wildman–Crippen LogP) is 1.88. The maximum Gasteiger partial charge on any atom is 0.311 e. The van der Waals surface area contributed by atoms with Crippen LogP contribution in [0.15, 0.2) is 6.07 Å². The Hall–Kier alpha value is -1.79. The highest BCUT2D eigenvalue weighted by atomic mass is 19.3. The first-order chi connectivity index (χ1) is 7.99. The van der Waals surface area contributed by atoms with Gasteiger partial charge in [0, 0.05) is 6.07 Å². The Balaban J connectivity index is 3.16. The molecule has 0 fully saturated rings. The van der Waals surface area contributed by atoms with E-state index in [0.29, 0.717) is 0 Å². The van der Waals surface area contributed by atoms with Crippen LogP contribution in [-0.4, -0.2) is 25.2 Å². The molecule has 0 aliphatic carbocycles. The molecule has 0 bridgehead atoms. The third kappa shape index (κ3) is 3.08. The maximum absolute atomic E-state index is 13.1. The van der Waals surface area contributed by atoms with Crippen LogP contribution in [0, 0.1) is 5.82 Å². The predicted molar refractivity (Wildman–Crippen MR) is 51.4 cm³/mol. The second kappa shape index (κ2) is 5.51. The topological polar surface area (TPSA) is 48.4 Å². The Kier molecular flexibility index (Phi) is 4.30. The van der Waals surface area contributed by atoms with Gasteiger partial charge in [0.1, 0.15) is 11.4 Å². The number of carbonyl (C=O) groups is 1. The van der Waals surface area contributed by atoms with E-state index in [2.05, 4.69) is 9.72 Å². The number of alkyl halides is 2. The summed E-state index contributed by atoms with van der Waals surface area (Å²) < 4.78 is 47.1. The maximum atomic E-state index is 13.1. The van der Waals surface area contributed by atoms with Gasteiger partial charge in [0.25, 0.3) is 6.43 Å². The molecule has 0 aliphatic rings. The number of ether oxygens (including phenoxy) is 2. The summed E-state index contributed by atoms with van der Waals surface area (Å²) in [5.41, 5.74) is -1.10. The highest BCUT2D eigenvalue weighted by Crippen LogP contribution is 2.26. The van der Waals surface area contributed by atoms with Crippen molar-refractivity contribution in [1.82, 2.24) is 4.98 Å². The molecule has 0 N–H and O–H groups in total. The molecule has 0 aliphatic heterocycles. The lowest BCUT2D eigenvalue weighted by atomic mass is 10.2. The van der Waals surface area contributed by atoms with Gasteiger partial charge in [-0.3, -0.25) is 4.79 Å². The highest BCUT2D eigenvalue weighted by Gasteiger charge is 2.21. The van der Waals surface area contributed by atoms with E-state index in [1.807, 2.05) is 0 Å². The number of rotatable bonds is 4. The normalized spacial score (nSPS) is 10.5. The van der Waals surface area contributed by atoms with Gasteiger partial charge in [0.05, 0.1) is 26.3 Å². The Morgan fingerprint density at radius 1 is 1.47 bits per heavy atom. The first kappa shape index (κ1) is 13.3. The standard InChI is InChI=1S/C10H10F3NO3/c1-16-7-3-5(11)9(10(12)13)14-6(7)4-8(15)17-2/h3,10H,4H2,1-2H3. The summed E-state index contributed by atoms with van der Waals surface area (Å²) in [5.74, 6) is -1.93. The summed E-state index contributed by atoms with van der Waals surface area (Å²) in [6.45, 7) is 0. The fraction of sp³-hybridized carbons (Fsp3) is 0.400. The molecule has 0 saturated heterocycles. The number of hydrogen-bond donors (Lipinski definition) is 0. The zero-order valence-electron chi connectivity index (χ0n) is 9.17. The van der Waals surface area contributed by atoms with E-state index in [4.69, 9.17) is 4.74 Å². The van der Waals surface area contributed by atoms with Gasteiger partial charge < -0.3 is 9.47 Å². The molecule has 1 rings (SSSR count). The molecule has 0 unspecified atom stereocenters. The zero-order chi connectivity index (χ0) is 13.0. The van der Waals surface area contributed by atoms with E-state index in [1.54, 1.807) is 0 Å². The molecular weight excluding hydrogens is 239 g/mol. The molecule has 17 heavy (non-hydrogen) atoms.